The number of hydrogen-bond acceptors (Lipinski definition) is 13. The number of carboxylic acids is 3. The van der Waals surface area contributed by atoms with Gasteiger partial charge in [-0.2, -0.15) is 0 Å². The van der Waals surface area contributed by atoms with E-state index in [9.17, 15) is 60.0 Å². The van der Waals surface area contributed by atoms with Crippen LogP contribution in [0.3, 0.4) is 0 Å². The second-order valence-corrected chi connectivity index (χ2v) is 20.6. The topological polar surface area (TPSA) is 267 Å². The van der Waals surface area contributed by atoms with Crippen molar-refractivity contribution in [1.29, 1.82) is 0 Å². The van der Waals surface area contributed by atoms with Crippen LogP contribution in [0.2, 0.25) is 0 Å². The van der Waals surface area contributed by atoms with Crippen LogP contribution in [0.4, 0.5) is 0 Å². The molecule has 0 aromatic heterocycles. The molecule has 0 bridgehead atoms. The molecule has 16 nitrogen and oxygen atoms in total. The zero-order valence-electron chi connectivity index (χ0n) is 34.4. The van der Waals surface area contributed by atoms with E-state index in [4.69, 9.17) is 18.9 Å². The number of ketones is 1. The lowest BCUT2D eigenvalue weighted by Crippen LogP contribution is -2.68. The molecule has 1 unspecified atom stereocenters. The number of aliphatic hydroxyl groups is 5. The van der Waals surface area contributed by atoms with E-state index in [1.165, 1.54) is 0 Å². The number of carbonyl (C=O) groups excluding carboxylic acids is 1. The molecule has 8 N–H and O–H groups in total. The number of hydrogen-bond donors (Lipinski definition) is 8. The third-order valence-electron chi connectivity index (χ3n) is 17.2. The SMILES string of the molecule is CC1(C)[C@@H](O[C@@H]2O[C@@H](C(=O)O)[C@H](O)[C@@H](O)[C@@H]2O[C@H]2O[C@@H](C(=O)O)[C@H](O)[C@@H](O)[C@@H]2O)CC[C@]2(C)C3C(=O)C=C4[C@@H]5C[C@@](C)(C(=O)O)CC[C@]5(C)CC[C@@]4(C)[C@]3(C)CC[C@@H]12. The number of fused-ring (bicyclic) bond motifs is 7. The molecule has 0 radical (unpaired) electrons. The molecule has 16 heteroatoms. The van der Waals surface area contributed by atoms with Crippen molar-refractivity contribution in [2.75, 3.05) is 0 Å². The van der Waals surface area contributed by atoms with E-state index in [0.717, 1.165) is 37.7 Å². The summed E-state index contributed by atoms with van der Waals surface area (Å²) in [5, 5.41) is 83.0. The fourth-order valence-corrected chi connectivity index (χ4v) is 13.4. The quantitative estimate of drug-likeness (QED) is 0.171. The molecular weight excluding hydrogens is 760 g/mol. The zero-order valence-corrected chi connectivity index (χ0v) is 34.4. The number of allylic oxidation sites excluding steroid dienone is 2. The summed E-state index contributed by atoms with van der Waals surface area (Å²) in [6.07, 6.45) is -12.2. The first-order valence-corrected chi connectivity index (χ1v) is 20.7. The third-order valence-corrected chi connectivity index (χ3v) is 17.2. The largest absolute Gasteiger partial charge is 0.481 e. The maximum Gasteiger partial charge on any atom is 0.335 e. The molecular formula is C42H62O16. The Morgan fingerprint density at radius 1 is 0.690 bits per heavy atom. The van der Waals surface area contributed by atoms with E-state index in [1.807, 2.05) is 26.8 Å². The van der Waals surface area contributed by atoms with Gasteiger partial charge < -0.3 is 59.8 Å². The van der Waals surface area contributed by atoms with Crippen LogP contribution < -0.4 is 0 Å². The lowest BCUT2D eigenvalue weighted by molar-refractivity contribution is -0.371. The van der Waals surface area contributed by atoms with Crippen molar-refractivity contribution in [3.63, 3.8) is 0 Å². The van der Waals surface area contributed by atoms with Crippen LogP contribution in [0.5, 0.6) is 0 Å². The van der Waals surface area contributed by atoms with Gasteiger partial charge in [-0.25, -0.2) is 9.59 Å². The number of aliphatic hydroxyl groups excluding tert-OH is 5. The van der Waals surface area contributed by atoms with Crippen molar-refractivity contribution < 1.29 is 79.0 Å². The van der Waals surface area contributed by atoms with Crippen LogP contribution in [0, 0.1) is 50.2 Å². The Hall–Kier alpha value is -2.54. The summed E-state index contributed by atoms with van der Waals surface area (Å²) in [5.74, 6) is -4.47. The van der Waals surface area contributed by atoms with Crippen molar-refractivity contribution in [2.24, 2.45) is 50.2 Å². The van der Waals surface area contributed by atoms with Crippen LogP contribution in [0.1, 0.15) is 106 Å². The molecule has 7 rings (SSSR count). The molecule has 7 aliphatic rings. The van der Waals surface area contributed by atoms with E-state index in [1.54, 1.807) is 0 Å². The van der Waals surface area contributed by atoms with Gasteiger partial charge in [-0.05, 0) is 110 Å². The smallest absolute Gasteiger partial charge is 0.335 e. The molecule has 19 atom stereocenters. The monoisotopic (exact) mass is 822 g/mol. The van der Waals surface area contributed by atoms with Gasteiger partial charge in [0.1, 0.15) is 36.6 Å². The van der Waals surface area contributed by atoms with Gasteiger partial charge in [0, 0.05) is 5.92 Å². The molecule has 5 aliphatic carbocycles. The number of ether oxygens (including phenoxy) is 4. The lowest BCUT2D eigenvalue weighted by atomic mass is 9.33. The number of rotatable bonds is 7. The predicted octanol–water partition coefficient (Wildman–Crippen LogP) is 2.25. The van der Waals surface area contributed by atoms with Crippen molar-refractivity contribution >= 4 is 23.7 Å². The predicted molar refractivity (Wildman–Crippen MR) is 199 cm³/mol. The summed E-state index contributed by atoms with van der Waals surface area (Å²) < 4.78 is 23.4. The molecule has 6 fully saturated rings. The van der Waals surface area contributed by atoms with E-state index in [-0.39, 0.29) is 34.4 Å². The van der Waals surface area contributed by atoms with Gasteiger partial charge in [-0.3, -0.25) is 9.59 Å². The summed E-state index contributed by atoms with van der Waals surface area (Å²) >= 11 is 0. The minimum atomic E-state index is -2.05. The fraction of sp³-hybridized carbons (Fsp3) is 0.857. The van der Waals surface area contributed by atoms with E-state index >= 15 is 0 Å². The van der Waals surface area contributed by atoms with Gasteiger partial charge in [0.15, 0.2) is 30.6 Å². The van der Waals surface area contributed by atoms with Crippen LogP contribution in [0.15, 0.2) is 11.6 Å². The number of carbonyl (C=O) groups is 4. The summed E-state index contributed by atoms with van der Waals surface area (Å²) in [4.78, 5) is 51.3. The molecule has 0 amide bonds. The Morgan fingerprint density at radius 2 is 1.28 bits per heavy atom. The summed E-state index contributed by atoms with van der Waals surface area (Å²) in [6, 6.07) is 0. The minimum absolute atomic E-state index is 0.0217. The maximum absolute atomic E-state index is 14.8. The van der Waals surface area contributed by atoms with Crippen molar-refractivity contribution in [3.05, 3.63) is 11.6 Å². The Labute approximate surface area is 337 Å². The zero-order chi connectivity index (χ0) is 42.9. The molecule has 0 aromatic rings. The van der Waals surface area contributed by atoms with Crippen molar-refractivity contribution in [1.82, 2.24) is 0 Å². The first-order valence-electron chi connectivity index (χ1n) is 20.7. The van der Waals surface area contributed by atoms with Gasteiger partial charge in [0.25, 0.3) is 0 Å². The molecule has 326 valence electrons. The first-order chi connectivity index (χ1) is 26.8. The third kappa shape index (κ3) is 6.25. The van der Waals surface area contributed by atoms with E-state index < -0.39 is 107 Å². The van der Waals surface area contributed by atoms with Gasteiger partial charge in [0.05, 0.1) is 11.5 Å². The van der Waals surface area contributed by atoms with Gasteiger partial charge >= 0.3 is 17.9 Å². The normalized spacial score (nSPS) is 52.6. The van der Waals surface area contributed by atoms with Crippen LogP contribution in [-0.2, 0) is 38.1 Å². The van der Waals surface area contributed by atoms with Gasteiger partial charge in [-0.1, -0.05) is 47.1 Å². The highest BCUT2D eigenvalue weighted by molar-refractivity contribution is 5.95. The lowest BCUT2D eigenvalue weighted by Gasteiger charge is -2.70. The fourth-order valence-electron chi connectivity index (χ4n) is 13.4. The Balaban J connectivity index is 1.17. The maximum atomic E-state index is 14.8. The Morgan fingerprint density at radius 3 is 1.88 bits per heavy atom. The van der Waals surface area contributed by atoms with Gasteiger partial charge in [-0.15, -0.1) is 0 Å². The summed E-state index contributed by atoms with van der Waals surface area (Å²) in [6.45, 7) is 14.8. The average Bonchev–Trinajstić information content (AvgIpc) is 3.13. The standard InChI is InChI=1S/C42H62O16/c1-37(2)21-8-11-42(7)31(20(43)16-18-19-17-39(4,36(53)54)13-12-38(19,3)14-15-41(18,42)6)40(21,5)10-9-22(37)55-35-30(26(47)25(46)29(57-35)33(51)52)58-34-27(48)23(44)24(45)28(56-34)32(49)50/h16,19,21-31,34-35,44-48H,8-15,17H2,1-7H3,(H,49,50)(H,51,52)(H,53,54)/t19-,21-,22-,23+,24+,25+,26+,27-,28+,29+,30-,31?,34+,35+,38+,39-,40-,41+,42+/m0/s1. The van der Waals surface area contributed by atoms with Crippen LogP contribution in [-0.4, -0.2) is 132 Å². The van der Waals surface area contributed by atoms with Crippen LogP contribution >= 0.6 is 0 Å². The highest BCUT2D eigenvalue weighted by Gasteiger charge is 2.71. The molecule has 2 saturated heterocycles. The highest BCUT2D eigenvalue weighted by atomic mass is 16.8. The summed E-state index contributed by atoms with van der Waals surface area (Å²) in [7, 11) is 0. The van der Waals surface area contributed by atoms with Crippen molar-refractivity contribution in [2.45, 2.75) is 174 Å². The molecule has 2 aliphatic heterocycles. The molecule has 0 aromatic carbocycles. The Kier molecular flexibility index (Phi) is 10.7. The van der Waals surface area contributed by atoms with Crippen LogP contribution in [0.25, 0.3) is 0 Å². The molecule has 0 spiro atoms. The van der Waals surface area contributed by atoms with Crippen molar-refractivity contribution in [3.8, 4) is 0 Å². The molecule has 58 heavy (non-hydrogen) atoms. The summed E-state index contributed by atoms with van der Waals surface area (Å²) in [5.41, 5.74) is -1.81. The number of aliphatic carboxylic acids is 3. The van der Waals surface area contributed by atoms with E-state index in [2.05, 4.69) is 27.7 Å². The van der Waals surface area contributed by atoms with E-state index in [0.29, 0.717) is 25.7 Å². The number of carboxylic acid groups (broad SMARTS) is 3. The second kappa shape index (κ2) is 14.3. The molecule has 2 heterocycles. The molecule has 4 saturated carbocycles. The Bertz CT molecular complexity index is 1730. The second-order valence-electron chi connectivity index (χ2n) is 20.6. The van der Waals surface area contributed by atoms with Gasteiger partial charge in [0.2, 0.25) is 0 Å². The highest BCUT2D eigenvalue weighted by Crippen LogP contribution is 2.75. The average molecular weight is 823 g/mol. The minimum Gasteiger partial charge on any atom is -0.481 e. The first kappa shape index (κ1) is 43.5.